The largest absolute Gasteiger partial charge is 0.508 e. The Morgan fingerprint density at radius 1 is 0.830 bits per heavy atom. The molecule has 0 saturated heterocycles. The summed E-state index contributed by atoms with van der Waals surface area (Å²) < 4.78 is 17.4. The van der Waals surface area contributed by atoms with E-state index in [0.29, 0.717) is 58.7 Å². The van der Waals surface area contributed by atoms with E-state index in [1.807, 2.05) is 0 Å². The number of aromatic nitrogens is 4. The summed E-state index contributed by atoms with van der Waals surface area (Å²) in [5.41, 5.74) is 19.5. The zero-order valence-corrected chi connectivity index (χ0v) is 48.5. The number of carboxylic acids is 1. The van der Waals surface area contributed by atoms with Gasteiger partial charge in [0.05, 0.1) is 30.6 Å². The molecule has 4 aromatic carbocycles. The van der Waals surface area contributed by atoms with Gasteiger partial charge in [-0.2, -0.15) is 4.98 Å². The van der Waals surface area contributed by atoms with E-state index in [4.69, 9.17) is 49.5 Å². The zero-order chi connectivity index (χ0) is 63.1. The fourth-order valence-corrected chi connectivity index (χ4v) is 9.92. The van der Waals surface area contributed by atoms with Gasteiger partial charge in [0.1, 0.15) is 35.1 Å². The normalized spacial score (nSPS) is 13.7. The highest BCUT2D eigenvalue weighted by Crippen LogP contribution is 2.57. The van der Waals surface area contributed by atoms with Crippen molar-refractivity contribution in [2.45, 2.75) is 88.6 Å². The first-order chi connectivity index (χ1) is 42.2. The number of phenolic OH excluding ortho intramolecular Hbond substituents is 2. The number of aromatic hydroxyl groups is 2. The molecule has 0 saturated carbocycles. The van der Waals surface area contributed by atoms with Crippen LogP contribution in [0.1, 0.15) is 101 Å². The number of alkyl carbamates (subject to hydrolysis) is 1. The number of nitrogens with two attached hydrogens (primary N) is 4. The van der Waals surface area contributed by atoms with Crippen molar-refractivity contribution in [3.8, 4) is 23.0 Å². The monoisotopic (exact) mass is 1230 g/mol. The highest BCUT2D eigenvalue weighted by Gasteiger charge is 2.54. The average molecular weight is 1230 g/mol. The quantitative estimate of drug-likeness (QED) is 0.0110. The Morgan fingerprint density at radius 3 is 2.22 bits per heavy atom. The van der Waals surface area contributed by atoms with Gasteiger partial charge in [-0.25, -0.2) is 30.2 Å². The average Bonchev–Trinajstić information content (AvgIpc) is 1.45. The molecule has 29 nitrogen and oxygen atoms in total. The number of nitrogens with one attached hydrogen (secondary N) is 8. The number of hydrogen-bond donors (Lipinski definition) is 15. The predicted octanol–water partition coefficient (Wildman–Crippen LogP) is 2.83. The second-order valence-corrected chi connectivity index (χ2v) is 21.1. The van der Waals surface area contributed by atoms with Crippen molar-refractivity contribution in [1.82, 2.24) is 51.5 Å². The maximum atomic E-state index is 13.6. The zero-order valence-electron chi connectivity index (χ0n) is 47.7. The van der Waals surface area contributed by atoms with Crippen LogP contribution in [0.5, 0.6) is 23.0 Å². The number of carbonyl (C=O) groups is 6. The minimum absolute atomic E-state index is 0.0459. The Bertz CT molecular complexity index is 3630. The van der Waals surface area contributed by atoms with Crippen LogP contribution < -0.4 is 70.6 Å². The van der Waals surface area contributed by atoms with E-state index in [-0.39, 0.29) is 134 Å². The third kappa shape index (κ3) is 16.3. The lowest BCUT2D eigenvalue weighted by Gasteiger charge is -2.36. The molecule has 30 heteroatoms. The second kappa shape index (κ2) is 29.2. The molecule has 2 aliphatic heterocycles. The maximum Gasteiger partial charge on any atom is 0.407 e. The number of fused-ring (bicyclic) bond motifs is 7. The fourth-order valence-electron chi connectivity index (χ4n) is 9.70. The highest BCUT2D eigenvalue weighted by molar-refractivity contribution is 7.80. The van der Waals surface area contributed by atoms with Crippen molar-refractivity contribution in [1.29, 1.82) is 0 Å². The molecule has 0 unspecified atom stereocenters. The summed E-state index contributed by atoms with van der Waals surface area (Å²) in [6.07, 6.45) is 3.82. The lowest BCUT2D eigenvalue weighted by atomic mass is 9.77. The number of nitrogen functional groups attached to an aromatic ring is 1. The number of H-pyrrole nitrogens is 1. The van der Waals surface area contributed by atoms with Crippen molar-refractivity contribution in [3.63, 3.8) is 0 Å². The van der Waals surface area contributed by atoms with Crippen molar-refractivity contribution in [2.24, 2.45) is 17.3 Å². The van der Waals surface area contributed by atoms with E-state index in [1.54, 1.807) is 61.5 Å². The summed E-state index contributed by atoms with van der Waals surface area (Å²) in [5.74, 6) is 3.05. The van der Waals surface area contributed by atoms with E-state index in [1.165, 1.54) is 41.7 Å². The first kappa shape index (κ1) is 63.7. The number of anilines is 3. The number of carboxylic acid groups (broad SMARTS) is 1. The topological polar surface area (TPSA) is 454 Å². The van der Waals surface area contributed by atoms with Gasteiger partial charge in [0, 0.05) is 96.2 Å². The van der Waals surface area contributed by atoms with E-state index >= 15 is 0 Å². The van der Waals surface area contributed by atoms with Gasteiger partial charge in [0.25, 0.3) is 11.5 Å². The number of carbonyl (C=O) groups excluding carboxylic acids is 5. The molecule has 0 aliphatic carbocycles. The van der Waals surface area contributed by atoms with Gasteiger partial charge >= 0.3 is 18.0 Å². The van der Waals surface area contributed by atoms with Crippen LogP contribution >= 0.6 is 12.2 Å². The number of aromatic amines is 1. The van der Waals surface area contributed by atoms with Crippen LogP contribution in [0.2, 0.25) is 0 Å². The summed E-state index contributed by atoms with van der Waals surface area (Å²) in [6, 6.07) is 17.8. The number of phenols is 2. The molecule has 0 fully saturated rings. The number of rotatable bonds is 28. The Morgan fingerprint density at radius 2 is 1.51 bits per heavy atom. The molecule has 4 amide bonds. The van der Waals surface area contributed by atoms with Gasteiger partial charge in [0.15, 0.2) is 21.9 Å². The molecule has 19 N–H and O–H groups in total. The molecule has 4 heterocycles. The number of nitrogens with zero attached hydrogens (tertiary/aromatic N) is 4. The first-order valence-electron chi connectivity index (χ1n) is 28.0. The number of amides is 4. The summed E-state index contributed by atoms with van der Waals surface area (Å²) in [5, 5.41) is 51.6. The number of unbranched alkanes of at least 4 members (excludes halogenated alkanes) is 1. The molecule has 2 aliphatic rings. The second-order valence-electron chi connectivity index (χ2n) is 20.7. The number of benzene rings is 4. The Hall–Kier alpha value is -10.3. The molecule has 3 atom stereocenters. The van der Waals surface area contributed by atoms with Gasteiger partial charge in [-0.05, 0) is 125 Å². The Kier molecular flexibility index (Phi) is 21.1. The summed E-state index contributed by atoms with van der Waals surface area (Å²) >= 11 is 5.47. The maximum absolute atomic E-state index is 13.6. The van der Waals surface area contributed by atoms with Crippen LogP contribution in [0.15, 0.2) is 102 Å². The number of thiocarbonyl (C=S) groups is 1. The Labute approximate surface area is 508 Å². The summed E-state index contributed by atoms with van der Waals surface area (Å²) in [7, 11) is 0. The first-order valence-corrected chi connectivity index (χ1v) is 28.4. The standard InChI is InChI=1S/C58H68N16O13S/c1-31(67-50(78)32-8-10-34(11-9-32)65-28-36-29-66-49-48(68-36)52(80)73-55(61)72-49)7-18-47(77)70-43(51(79)71-44(53(81)82)5-2-3-20-59)6-4-23-74(62)30-33(60)19-24-85-57(84)64-22-21-63-56(88)69-35-12-15-40-39(25-35)54(83)87-58(40)41-16-13-37(75)26-45(41)86-46-27-38(76)14-17-42(46)58/h8-17,25-27,29-31,43-44,65,75-76H,2-7,18-24,28,59-60,62H2,1H3,(H,64,84)(H,67,78)(H,70,77)(H,71,79)(H,81,82)(H2,63,69,88)(H3,61,66,72,73,80)/b33-30-/t31-,43+,44-/m1/s1. The highest BCUT2D eigenvalue weighted by atomic mass is 32.1. The SMILES string of the molecule is C[C@H](CCC(=O)N[C@@H](CCCN(N)/C=C(\N)CCOC(=O)NCCNC(=S)Nc1ccc2c(c1)C(=O)OC21c2ccc(O)cc2Oc2cc(O)ccc21)C(=O)N[C@H](CCCCN)C(=O)O)NC(=O)c1ccc(NCc2cnc3nc(N)[nH]c(=O)c3n2)cc1. The van der Waals surface area contributed by atoms with Crippen LogP contribution in [0.3, 0.4) is 0 Å². The molecular formula is C58H68N16O13S. The minimum Gasteiger partial charge on any atom is -0.508 e. The smallest absolute Gasteiger partial charge is 0.407 e. The number of aliphatic carboxylic acids is 1. The van der Waals surface area contributed by atoms with Crippen LogP contribution in [-0.2, 0) is 36.0 Å². The van der Waals surface area contributed by atoms with E-state index < -0.39 is 59.1 Å². The third-order valence-corrected chi connectivity index (χ3v) is 14.3. The van der Waals surface area contributed by atoms with Gasteiger partial charge in [-0.3, -0.25) is 24.2 Å². The lowest BCUT2D eigenvalue weighted by Crippen LogP contribution is -2.52. The molecule has 2 aromatic heterocycles. The van der Waals surface area contributed by atoms with Crippen molar-refractivity contribution in [2.75, 3.05) is 49.2 Å². The Balaban J connectivity index is 0.741. The van der Waals surface area contributed by atoms with Gasteiger partial charge < -0.3 is 89.0 Å². The summed E-state index contributed by atoms with van der Waals surface area (Å²) in [4.78, 5) is 105. The van der Waals surface area contributed by atoms with Crippen LogP contribution in [0, 0.1) is 0 Å². The van der Waals surface area contributed by atoms with Crippen LogP contribution in [0.25, 0.3) is 11.2 Å². The van der Waals surface area contributed by atoms with Crippen molar-refractivity contribution >= 4 is 81.6 Å². The van der Waals surface area contributed by atoms with Crippen molar-refractivity contribution < 1.29 is 58.3 Å². The number of esters is 1. The summed E-state index contributed by atoms with van der Waals surface area (Å²) in [6.45, 7) is 2.65. The number of hydrogen-bond acceptors (Lipinski definition) is 22. The van der Waals surface area contributed by atoms with Crippen LogP contribution in [0.4, 0.5) is 22.1 Å². The molecule has 0 bridgehead atoms. The van der Waals surface area contributed by atoms with Crippen molar-refractivity contribution in [3.05, 3.63) is 141 Å². The number of hydrazine groups is 1. The predicted molar refractivity (Wildman–Crippen MR) is 325 cm³/mol. The molecule has 88 heavy (non-hydrogen) atoms. The molecule has 6 aromatic rings. The van der Waals surface area contributed by atoms with E-state index in [0.717, 1.165) is 0 Å². The van der Waals surface area contributed by atoms with E-state index in [2.05, 4.69) is 57.2 Å². The molecular weight excluding hydrogens is 1160 g/mol. The van der Waals surface area contributed by atoms with Gasteiger partial charge in [-0.15, -0.1) is 0 Å². The fraction of sp³-hybridized carbons (Fsp3) is 0.328. The molecule has 8 rings (SSSR count). The molecule has 0 radical (unpaired) electrons. The van der Waals surface area contributed by atoms with Crippen LogP contribution in [-0.4, -0.2) is 132 Å². The molecule has 1 spiro atoms. The minimum atomic E-state index is -1.42. The van der Waals surface area contributed by atoms with E-state index in [9.17, 15) is 48.9 Å². The number of ether oxygens (including phenoxy) is 3. The third-order valence-electron chi connectivity index (χ3n) is 14.1. The molecule has 464 valence electrons. The van der Waals surface area contributed by atoms with Gasteiger partial charge in [-0.1, -0.05) is 6.07 Å². The lowest BCUT2D eigenvalue weighted by molar-refractivity contribution is -0.142. The van der Waals surface area contributed by atoms with Gasteiger partial charge in [0.2, 0.25) is 17.8 Å².